The van der Waals surface area contributed by atoms with Crippen molar-refractivity contribution in [2.24, 2.45) is 5.92 Å². The van der Waals surface area contributed by atoms with E-state index in [1.807, 2.05) is 43.1 Å². The van der Waals surface area contributed by atoms with Crippen LogP contribution in [-0.2, 0) is 4.79 Å². The van der Waals surface area contributed by atoms with Crippen molar-refractivity contribution < 1.29 is 4.79 Å². The molecule has 0 aromatic heterocycles. The number of nitrogen functional groups attached to an aromatic ring is 1. The molecule has 0 heterocycles. The van der Waals surface area contributed by atoms with Crippen molar-refractivity contribution in [1.82, 2.24) is 4.90 Å². The molecule has 1 atom stereocenters. The van der Waals surface area contributed by atoms with Crippen LogP contribution in [0.3, 0.4) is 0 Å². The van der Waals surface area contributed by atoms with Gasteiger partial charge in [0, 0.05) is 18.7 Å². The third kappa shape index (κ3) is 3.25. The fraction of sp³-hybridized carbons (Fsp3) is 0.533. The van der Waals surface area contributed by atoms with Gasteiger partial charge in [0.05, 0.1) is 6.04 Å². The fourth-order valence-corrected chi connectivity index (χ4v) is 2.16. The second-order valence-corrected chi connectivity index (χ2v) is 4.81. The standard InChI is InChI=1S/C15H24N2O/c1-5-12(6-2)15(18)17(4)11(3)13-8-7-9-14(16)10-13/h7-12H,5-6,16H2,1-4H3. The molecule has 3 nitrogen and oxygen atoms in total. The van der Waals surface area contributed by atoms with E-state index in [-0.39, 0.29) is 17.9 Å². The highest BCUT2D eigenvalue weighted by atomic mass is 16.2. The Morgan fingerprint density at radius 1 is 1.33 bits per heavy atom. The number of nitrogens with zero attached hydrogens (tertiary/aromatic N) is 1. The Labute approximate surface area is 110 Å². The first-order chi connectivity index (χ1) is 8.51. The number of carbonyl (C=O) groups excluding carboxylic acids is 1. The van der Waals surface area contributed by atoms with Crippen LogP contribution in [0.1, 0.15) is 45.2 Å². The highest BCUT2D eigenvalue weighted by molar-refractivity contribution is 5.79. The van der Waals surface area contributed by atoms with E-state index in [1.165, 1.54) is 0 Å². The van der Waals surface area contributed by atoms with Gasteiger partial charge in [-0.05, 0) is 37.5 Å². The Morgan fingerprint density at radius 3 is 2.44 bits per heavy atom. The van der Waals surface area contributed by atoms with Crippen LogP contribution in [0.25, 0.3) is 0 Å². The maximum absolute atomic E-state index is 12.3. The Bertz CT molecular complexity index is 399. The molecule has 2 N–H and O–H groups in total. The van der Waals surface area contributed by atoms with Crippen molar-refractivity contribution in [1.29, 1.82) is 0 Å². The van der Waals surface area contributed by atoms with Gasteiger partial charge in [-0.1, -0.05) is 26.0 Å². The van der Waals surface area contributed by atoms with Crippen LogP contribution in [0, 0.1) is 5.92 Å². The summed E-state index contributed by atoms with van der Waals surface area (Å²) in [6.07, 6.45) is 1.78. The van der Waals surface area contributed by atoms with Crippen LogP contribution in [-0.4, -0.2) is 17.9 Å². The second kappa shape index (κ2) is 6.43. The molecular formula is C15H24N2O. The molecule has 0 radical (unpaired) electrons. The normalized spacial score (nSPS) is 12.5. The zero-order valence-electron chi connectivity index (χ0n) is 11.8. The van der Waals surface area contributed by atoms with Crippen molar-refractivity contribution in [3.8, 4) is 0 Å². The zero-order chi connectivity index (χ0) is 13.7. The monoisotopic (exact) mass is 248 g/mol. The fourth-order valence-electron chi connectivity index (χ4n) is 2.16. The molecular weight excluding hydrogens is 224 g/mol. The number of benzene rings is 1. The molecule has 0 aliphatic rings. The summed E-state index contributed by atoms with van der Waals surface area (Å²) < 4.78 is 0. The average molecular weight is 248 g/mol. The summed E-state index contributed by atoms with van der Waals surface area (Å²) in [5.74, 6) is 0.341. The summed E-state index contributed by atoms with van der Waals surface area (Å²) >= 11 is 0. The van der Waals surface area contributed by atoms with Gasteiger partial charge >= 0.3 is 0 Å². The molecule has 0 saturated heterocycles. The number of nitrogens with two attached hydrogens (primary N) is 1. The molecule has 0 aliphatic carbocycles. The lowest BCUT2D eigenvalue weighted by molar-refractivity contribution is -0.136. The van der Waals surface area contributed by atoms with Crippen LogP contribution in [0.2, 0.25) is 0 Å². The van der Waals surface area contributed by atoms with E-state index >= 15 is 0 Å². The number of hydrogen-bond donors (Lipinski definition) is 1. The molecule has 1 rings (SSSR count). The van der Waals surface area contributed by atoms with E-state index in [0.29, 0.717) is 0 Å². The summed E-state index contributed by atoms with van der Waals surface area (Å²) in [5, 5.41) is 0. The van der Waals surface area contributed by atoms with Crippen molar-refractivity contribution in [2.75, 3.05) is 12.8 Å². The first kappa shape index (κ1) is 14.6. The SMILES string of the molecule is CCC(CC)C(=O)N(C)C(C)c1cccc(N)c1. The van der Waals surface area contributed by atoms with Gasteiger partial charge in [-0.25, -0.2) is 0 Å². The number of anilines is 1. The molecule has 0 aliphatic heterocycles. The lowest BCUT2D eigenvalue weighted by Gasteiger charge is -2.28. The Balaban J connectivity index is 2.83. The van der Waals surface area contributed by atoms with Gasteiger partial charge in [0.2, 0.25) is 5.91 Å². The summed E-state index contributed by atoms with van der Waals surface area (Å²) in [4.78, 5) is 14.1. The van der Waals surface area contributed by atoms with Crippen LogP contribution in [0.15, 0.2) is 24.3 Å². The smallest absolute Gasteiger partial charge is 0.225 e. The molecule has 0 bridgehead atoms. The number of amides is 1. The van der Waals surface area contributed by atoms with Gasteiger partial charge in [-0.2, -0.15) is 0 Å². The molecule has 100 valence electrons. The minimum Gasteiger partial charge on any atom is -0.399 e. The van der Waals surface area contributed by atoms with E-state index in [9.17, 15) is 4.79 Å². The van der Waals surface area contributed by atoms with Crippen molar-refractivity contribution >= 4 is 11.6 Å². The lowest BCUT2D eigenvalue weighted by Crippen LogP contribution is -2.34. The Hall–Kier alpha value is -1.51. The molecule has 18 heavy (non-hydrogen) atoms. The maximum Gasteiger partial charge on any atom is 0.225 e. The highest BCUT2D eigenvalue weighted by Crippen LogP contribution is 2.23. The quantitative estimate of drug-likeness (QED) is 0.813. The van der Waals surface area contributed by atoms with E-state index in [1.54, 1.807) is 0 Å². The maximum atomic E-state index is 12.3. The number of hydrogen-bond acceptors (Lipinski definition) is 2. The molecule has 3 heteroatoms. The van der Waals surface area contributed by atoms with Crippen molar-refractivity contribution in [3.05, 3.63) is 29.8 Å². The topological polar surface area (TPSA) is 46.3 Å². The highest BCUT2D eigenvalue weighted by Gasteiger charge is 2.23. The van der Waals surface area contributed by atoms with Gasteiger partial charge in [0.1, 0.15) is 0 Å². The lowest BCUT2D eigenvalue weighted by atomic mass is 9.99. The third-order valence-electron chi connectivity index (χ3n) is 3.66. The van der Waals surface area contributed by atoms with E-state index in [0.717, 1.165) is 24.1 Å². The Kier molecular flexibility index (Phi) is 5.20. The predicted molar refractivity (Wildman–Crippen MR) is 76.1 cm³/mol. The van der Waals surface area contributed by atoms with E-state index in [2.05, 4.69) is 13.8 Å². The van der Waals surface area contributed by atoms with Crippen LogP contribution < -0.4 is 5.73 Å². The number of carbonyl (C=O) groups is 1. The second-order valence-electron chi connectivity index (χ2n) is 4.81. The zero-order valence-corrected chi connectivity index (χ0v) is 11.8. The van der Waals surface area contributed by atoms with Crippen LogP contribution >= 0.6 is 0 Å². The van der Waals surface area contributed by atoms with Gasteiger partial charge in [-0.15, -0.1) is 0 Å². The summed E-state index contributed by atoms with van der Waals surface area (Å²) in [6.45, 7) is 6.16. The van der Waals surface area contributed by atoms with Crippen molar-refractivity contribution in [3.63, 3.8) is 0 Å². The molecule has 0 saturated carbocycles. The van der Waals surface area contributed by atoms with Gasteiger partial charge in [-0.3, -0.25) is 4.79 Å². The van der Waals surface area contributed by atoms with Crippen LogP contribution in [0.4, 0.5) is 5.69 Å². The first-order valence-corrected chi connectivity index (χ1v) is 6.63. The van der Waals surface area contributed by atoms with Crippen LogP contribution in [0.5, 0.6) is 0 Å². The van der Waals surface area contributed by atoms with Gasteiger partial charge < -0.3 is 10.6 Å². The average Bonchev–Trinajstić information content (AvgIpc) is 2.38. The largest absolute Gasteiger partial charge is 0.399 e. The molecule has 1 amide bonds. The van der Waals surface area contributed by atoms with E-state index in [4.69, 9.17) is 5.73 Å². The molecule has 1 aromatic carbocycles. The van der Waals surface area contributed by atoms with Gasteiger partial charge in [0.25, 0.3) is 0 Å². The summed E-state index contributed by atoms with van der Waals surface area (Å²) in [5.41, 5.74) is 7.60. The Morgan fingerprint density at radius 2 is 1.94 bits per heavy atom. The molecule has 1 aromatic rings. The molecule has 1 unspecified atom stereocenters. The predicted octanol–water partition coefficient (Wildman–Crippen LogP) is 3.22. The first-order valence-electron chi connectivity index (χ1n) is 6.63. The minimum absolute atomic E-state index is 0.0570. The van der Waals surface area contributed by atoms with E-state index < -0.39 is 0 Å². The third-order valence-corrected chi connectivity index (χ3v) is 3.66. The summed E-state index contributed by atoms with van der Waals surface area (Å²) in [6, 6.07) is 7.79. The molecule has 0 spiro atoms. The molecule has 0 fully saturated rings. The van der Waals surface area contributed by atoms with Gasteiger partial charge in [0.15, 0.2) is 0 Å². The summed E-state index contributed by atoms with van der Waals surface area (Å²) in [7, 11) is 1.87. The minimum atomic E-state index is 0.0570. The number of rotatable bonds is 5. The van der Waals surface area contributed by atoms with Crippen molar-refractivity contribution in [2.45, 2.75) is 39.7 Å².